The fraction of sp³-hybridized carbons (Fsp3) is 0.300. The van der Waals surface area contributed by atoms with Crippen molar-refractivity contribution in [2.45, 2.75) is 32.4 Å². The maximum absolute atomic E-state index is 5.38. The van der Waals surface area contributed by atoms with E-state index in [0.29, 0.717) is 18.3 Å². The highest BCUT2D eigenvalue weighted by Crippen LogP contribution is 2.26. The molecule has 1 heterocycles. The molecule has 6 heteroatoms. The molecule has 136 valence electrons. The smallest absolute Gasteiger partial charge is 0.226 e. The summed E-state index contributed by atoms with van der Waals surface area (Å²) in [5.74, 6) is 2.15. The molecule has 1 unspecified atom stereocenters. The predicted octanol–water partition coefficient (Wildman–Crippen LogP) is 4.67. The number of nitrogens with one attached hydrogen (secondary N) is 1. The molecule has 0 fully saturated rings. The van der Waals surface area contributed by atoms with Crippen LogP contribution in [0.3, 0.4) is 0 Å². The topological polar surface area (TPSA) is 60.2 Å². The zero-order valence-corrected chi connectivity index (χ0v) is 16.5. The summed E-state index contributed by atoms with van der Waals surface area (Å²) in [6.07, 6.45) is 1.77. The van der Waals surface area contributed by atoms with Crippen LogP contribution in [-0.2, 0) is 13.0 Å². The number of aromatic nitrogens is 2. The van der Waals surface area contributed by atoms with Crippen LogP contribution in [0.4, 0.5) is 0 Å². The summed E-state index contributed by atoms with van der Waals surface area (Å²) in [7, 11) is 1.66. The van der Waals surface area contributed by atoms with Gasteiger partial charge in [-0.05, 0) is 45.6 Å². The van der Waals surface area contributed by atoms with E-state index < -0.39 is 0 Å². The minimum atomic E-state index is -0.133. The summed E-state index contributed by atoms with van der Waals surface area (Å²) < 4.78 is 11.6. The van der Waals surface area contributed by atoms with Crippen LogP contribution >= 0.6 is 15.9 Å². The van der Waals surface area contributed by atoms with Crippen LogP contribution in [0, 0.1) is 0 Å². The molecule has 2 aromatic carbocycles. The lowest BCUT2D eigenvalue weighted by molar-refractivity contribution is 0.367. The highest BCUT2D eigenvalue weighted by molar-refractivity contribution is 9.10. The molecule has 0 saturated heterocycles. The average Bonchev–Trinajstić information content (AvgIpc) is 3.12. The van der Waals surface area contributed by atoms with Crippen molar-refractivity contribution in [3.05, 3.63) is 75.8 Å². The van der Waals surface area contributed by atoms with E-state index in [9.17, 15) is 0 Å². The minimum Gasteiger partial charge on any atom is -0.496 e. The minimum absolute atomic E-state index is 0.133. The number of hydrogen-bond acceptors (Lipinski definition) is 5. The molecule has 1 N–H and O–H groups in total. The Kier molecular flexibility index (Phi) is 6.41. The van der Waals surface area contributed by atoms with Crippen molar-refractivity contribution in [2.75, 3.05) is 7.11 Å². The number of hydrogen-bond donors (Lipinski definition) is 1. The molecule has 1 atom stereocenters. The van der Waals surface area contributed by atoms with Crippen LogP contribution in [0.5, 0.6) is 5.75 Å². The lowest BCUT2D eigenvalue weighted by Crippen LogP contribution is -2.23. The Bertz CT molecular complexity index is 836. The SMILES string of the molecule is CCCc1nc(C(NCc2ccc(OC)c(Br)c2)c2ccccc2)no1. The predicted molar refractivity (Wildman–Crippen MR) is 104 cm³/mol. The first kappa shape index (κ1) is 18.6. The van der Waals surface area contributed by atoms with E-state index in [-0.39, 0.29) is 6.04 Å². The van der Waals surface area contributed by atoms with E-state index in [4.69, 9.17) is 9.26 Å². The molecule has 0 spiro atoms. The zero-order chi connectivity index (χ0) is 18.4. The molecular formula is C20H22BrN3O2. The molecular weight excluding hydrogens is 394 g/mol. The van der Waals surface area contributed by atoms with E-state index in [0.717, 1.165) is 34.2 Å². The van der Waals surface area contributed by atoms with Crippen LogP contribution in [0.25, 0.3) is 0 Å². The summed E-state index contributed by atoms with van der Waals surface area (Å²) in [4.78, 5) is 4.56. The summed E-state index contributed by atoms with van der Waals surface area (Å²) in [6, 6.07) is 16.1. The molecule has 3 rings (SSSR count). The first-order valence-corrected chi connectivity index (χ1v) is 9.43. The maximum Gasteiger partial charge on any atom is 0.226 e. The van der Waals surface area contributed by atoms with Crippen molar-refractivity contribution in [3.8, 4) is 5.75 Å². The van der Waals surface area contributed by atoms with Gasteiger partial charge in [0.2, 0.25) is 5.89 Å². The Labute approximate surface area is 161 Å². The highest BCUT2D eigenvalue weighted by atomic mass is 79.9. The standard InChI is InChI=1S/C20H22BrN3O2/c1-3-7-18-23-20(24-26-18)19(15-8-5-4-6-9-15)22-13-14-10-11-17(25-2)16(21)12-14/h4-6,8-12,19,22H,3,7,13H2,1-2H3. The normalized spacial score (nSPS) is 12.1. The van der Waals surface area contributed by atoms with E-state index in [2.05, 4.69) is 50.4 Å². The van der Waals surface area contributed by atoms with Gasteiger partial charge >= 0.3 is 0 Å². The summed E-state index contributed by atoms with van der Waals surface area (Å²) in [5, 5.41) is 7.73. The van der Waals surface area contributed by atoms with Gasteiger partial charge in [0.25, 0.3) is 0 Å². The lowest BCUT2D eigenvalue weighted by Gasteiger charge is -2.16. The van der Waals surface area contributed by atoms with Gasteiger partial charge in [-0.3, -0.25) is 5.32 Å². The largest absolute Gasteiger partial charge is 0.496 e. The molecule has 0 aliphatic carbocycles. The monoisotopic (exact) mass is 415 g/mol. The van der Waals surface area contributed by atoms with Crippen molar-refractivity contribution in [2.24, 2.45) is 0 Å². The quantitative estimate of drug-likeness (QED) is 0.578. The summed E-state index contributed by atoms with van der Waals surface area (Å²) in [5.41, 5.74) is 2.24. The number of aryl methyl sites for hydroxylation is 1. The maximum atomic E-state index is 5.38. The van der Waals surface area contributed by atoms with Crippen molar-refractivity contribution < 1.29 is 9.26 Å². The van der Waals surface area contributed by atoms with Gasteiger partial charge < -0.3 is 9.26 Å². The van der Waals surface area contributed by atoms with Crippen LogP contribution in [0.2, 0.25) is 0 Å². The fourth-order valence-corrected chi connectivity index (χ4v) is 3.33. The highest BCUT2D eigenvalue weighted by Gasteiger charge is 2.20. The Morgan fingerprint density at radius 3 is 2.69 bits per heavy atom. The second-order valence-electron chi connectivity index (χ2n) is 5.99. The fourth-order valence-electron chi connectivity index (χ4n) is 2.74. The van der Waals surface area contributed by atoms with Crippen LogP contribution < -0.4 is 10.1 Å². The molecule has 26 heavy (non-hydrogen) atoms. The van der Waals surface area contributed by atoms with Gasteiger partial charge in [0.05, 0.1) is 17.6 Å². The Morgan fingerprint density at radius 2 is 2.00 bits per heavy atom. The third-order valence-electron chi connectivity index (χ3n) is 4.07. The molecule has 0 aliphatic rings. The number of benzene rings is 2. The lowest BCUT2D eigenvalue weighted by atomic mass is 10.1. The molecule has 0 amide bonds. The van der Waals surface area contributed by atoms with Crippen molar-refractivity contribution in [1.29, 1.82) is 0 Å². The number of methoxy groups -OCH3 is 1. The van der Waals surface area contributed by atoms with E-state index in [1.165, 1.54) is 0 Å². The van der Waals surface area contributed by atoms with Crippen LogP contribution in [0.1, 0.15) is 42.2 Å². The van der Waals surface area contributed by atoms with E-state index in [1.54, 1.807) is 7.11 Å². The first-order valence-electron chi connectivity index (χ1n) is 8.64. The van der Waals surface area contributed by atoms with Crippen molar-refractivity contribution in [1.82, 2.24) is 15.5 Å². The summed E-state index contributed by atoms with van der Waals surface area (Å²) in [6.45, 7) is 2.76. The summed E-state index contributed by atoms with van der Waals surface area (Å²) >= 11 is 3.53. The van der Waals surface area contributed by atoms with Crippen LogP contribution in [0.15, 0.2) is 57.5 Å². The van der Waals surface area contributed by atoms with E-state index >= 15 is 0 Å². The Hall–Kier alpha value is -2.18. The Balaban J connectivity index is 1.80. The molecule has 0 aliphatic heterocycles. The van der Waals surface area contributed by atoms with Crippen molar-refractivity contribution >= 4 is 15.9 Å². The molecule has 0 bridgehead atoms. The van der Waals surface area contributed by atoms with Gasteiger partial charge in [0, 0.05) is 13.0 Å². The molecule has 1 aromatic heterocycles. The zero-order valence-electron chi connectivity index (χ0n) is 14.9. The first-order chi connectivity index (χ1) is 12.7. The molecule has 0 radical (unpaired) electrons. The van der Waals surface area contributed by atoms with Gasteiger partial charge in [0.1, 0.15) is 5.75 Å². The van der Waals surface area contributed by atoms with Crippen LogP contribution in [-0.4, -0.2) is 17.3 Å². The number of halogens is 1. The molecule has 5 nitrogen and oxygen atoms in total. The van der Waals surface area contributed by atoms with Gasteiger partial charge in [0.15, 0.2) is 5.82 Å². The number of rotatable bonds is 8. The van der Waals surface area contributed by atoms with Gasteiger partial charge in [-0.15, -0.1) is 0 Å². The second-order valence-corrected chi connectivity index (χ2v) is 6.84. The average molecular weight is 416 g/mol. The van der Waals surface area contributed by atoms with Crippen molar-refractivity contribution in [3.63, 3.8) is 0 Å². The molecule has 3 aromatic rings. The number of ether oxygens (including phenoxy) is 1. The third-order valence-corrected chi connectivity index (χ3v) is 4.68. The van der Waals surface area contributed by atoms with Gasteiger partial charge in [-0.1, -0.05) is 48.5 Å². The molecule has 0 saturated carbocycles. The Morgan fingerprint density at radius 1 is 1.19 bits per heavy atom. The second kappa shape index (κ2) is 8.96. The third kappa shape index (κ3) is 4.51. The number of nitrogens with zero attached hydrogens (tertiary/aromatic N) is 2. The van der Waals surface area contributed by atoms with Gasteiger partial charge in [-0.2, -0.15) is 4.98 Å². The van der Waals surface area contributed by atoms with E-state index in [1.807, 2.05) is 36.4 Å². The van der Waals surface area contributed by atoms with Gasteiger partial charge in [-0.25, -0.2) is 0 Å².